The Morgan fingerprint density at radius 2 is 1.41 bits per heavy atom. The zero-order chi connectivity index (χ0) is 22.3. The van der Waals surface area contributed by atoms with Crippen molar-refractivity contribution in [2.24, 2.45) is 0 Å². The van der Waals surface area contributed by atoms with E-state index in [1.807, 2.05) is 41.3 Å². The van der Waals surface area contributed by atoms with Gasteiger partial charge in [-0.25, -0.2) is 0 Å². The summed E-state index contributed by atoms with van der Waals surface area (Å²) in [6.45, 7) is 1.92. The van der Waals surface area contributed by atoms with E-state index in [9.17, 15) is 14.4 Å². The number of benzene rings is 2. The van der Waals surface area contributed by atoms with E-state index in [4.69, 9.17) is 0 Å². The Bertz CT molecular complexity index is 1120. The number of nitrogens with zero attached hydrogens (tertiary/aromatic N) is 4. The van der Waals surface area contributed by atoms with Crippen molar-refractivity contribution in [3.63, 3.8) is 0 Å². The third-order valence-electron chi connectivity index (χ3n) is 5.64. The molecule has 2 heterocycles. The lowest BCUT2D eigenvalue weighted by molar-refractivity contribution is -0.132. The fourth-order valence-corrected chi connectivity index (χ4v) is 3.85. The first-order valence-corrected chi connectivity index (χ1v) is 10.9. The minimum atomic E-state index is -0.293. The normalized spacial score (nSPS) is 13.8. The highest BCUT2D eigenvalue weighted by atomic mass is 16.2. The topological polar surface area (TPSA) is 75.5 Å². The molecule has 0 unspecified atom stereocenters. The van der Waals surface area contributed by atoms with Gasteiger partial charge in [0, 0.05) is 38.7 Å². The molecule has 0 bridgehead atoms. The lowest BCUT2D eigenvalue weighted by Crippen LogP contribution is -2.50. The van der Waals surface area contributed by atoms with Crippen molar-refractivity contribution in [1.82, 2.24) is 19.6 Å². The number of carbonyl (C=O) groups is 2. The van der Waals surface area contributed by atoms with Crippen LogP contribution in [0.25, 0.3) is 5.69 Å². The van der Waals surface area contributed by atoms with E-state index in [1.165, 1.54) is 22.4 Å². The number of aryl methyl sites for hydroxylation is 1. The Kier molecular flexibility index (Phi) is 6.75. The van der Waals surface area contributed by atoms with Crippen LogP contribution in [-0.4, -0.2) is 57.6 Å². The second-order valence-electron chi connectivity index (χ2n) is 7.82. The molecule has 1 saturated heterocycles. The number of carbonyl (C=O) groups excluding carboxylic acids is 2. The Hall–Kier alpha value is -3.74. The van der Waals surface area contributed by atoms with Crippen LogP contribution in [-0.2, 0) is 11.2 Å². The SMILES string of the molecule is O=C(CCCc1ccccc1)N1CCN(C(=O)c2ccc(=O)n(-c3ccccc3)n2)CC1. The molecule has 7 heteroatoms. The van der Waals surface area contributed by atoms with Gasteiger partial charge in [-0.2, -0.15) is 9.78 Å². The lowest BCUT2D eigenvalue weighted by atomic mass is 10.1. The van der Waals surface area contributed by atoms with E-state index in [2.05, 4.69) is 17.2 Å². The summed E-state index contributed by atoms with van der Waals surface area (Å²) in [4.78, 5) is 41.2. The van der Waals surface area contributed by atoms with Crippen LogP contribution in [0.4, 0.5) is 0 Å². The van der Waals surface area contributed by atoms with Gasteiger partial charge in [-0.1, -0.05) is 48.5 Å². The molecule has 0 aliphatic carbocycles. The van der Waals surface area contributed by atoms with Crippen molar-refractivity contribution in [3.05, 3.63) is 94.4 Å². The van der Waals surface area contributed by atoms with Crippen molar-refractivity contribution < 1.29 is 9.59 Å². The Labute approximate surface area is 186 Å². The standard InChI is InChI=1S/C25H26N4O3/c30-23(13-7-10-20-8-3-1-4-9-20)27-16-18-28(19-17-27)25(32)22-14-15-24(31)29(26-22)21-11-5-2-6-12-21/h1-6,8-9,11-12,14-15H,7,10,13,16-19H2. The molecule has 2 amide bonds. The maximum absolute atomic E-state index is 12.9. The average molecular weight is 431 g/mol. The zero-order valence-electron chi connectivity index (χ0n) is 17.9. The lowest BCUT2D eigenvalue weighted by Gasteiger charge is -2.34. The van der Waals surface area contributed by atoms with Gasteiger partial charge in [0.1, 0.15) is 5.69 Å². The number of hydrogen-bond acceptors (Lipinski definition) is 4. The largest absolute Gasteiger partial charge is 0.339 e. The van der Waals surface area contributed by atoms with Crippen LogP contribution in [0, 0.1) is 0 Å². The van der Waals surface area contributed by atoms with Gasteiger partial charge in [0.05, 0.1) is 5.69 Å². The number of piperazine rings is 1. The van der Waals surface area contributed by atoms with Crippen molar-refractivity contribution in [3.8, 4) is 5.69 Å². The molecule has 7 nitrogen and oxygen atoms in total. The van der Waals surface area contributed by atoms with Crippen molar-refractivity contribution in [2.45, 2.75) is 19.3 Å². The monoisotopic (exact) mass is 430 g/mol. The number of aromatic nitrogens is 2. The Balaban J connectivity index is 1.32. The first kappa shape index (κ1) is 21.5. The predicted octanol–water partition coefficient (Wildman–Crippen LogP) is 2.54. The molecule has 1 aromatic heterocycles. The van der Waals surface area contributed by atoms with Crippen LogP contribution in [0.1, 0.15) is 28.9 Å². The van der Waals surface area contributed by atoms with Crippen LogP contribution in [0.2, 0.25) is 0 Å². The van der Waals surface area contributed by atoms with Crippen molar-refractivity contribution in [1.29, 1.82) is 0 Å². The minimum absolute atomic E-state index is 0.129. The molecule has 0 atom stereocenters. The third kappa shape index (κ3) is 5.11. The molecule has 0 radical (unpaired) electrons. The van der Waals surface area contributed by atoms with Crippen LogP contribution in [0.15, 0.2) is 77.6 Å². The molecule has 0 saturated carbocycles. The zero-order valence-corrected chi connectivity index (χ0v) is 17.9. The molecule has 32 heavy (non-hydrogen) atoms. The number of rotatable bonds is 6. The molecule has 4 rings (SSSR count). The molecule has 3 aromatic rings. The second-order valence-corrected chi connectivity index (χ2v) is 7.82. The van der Waals surface area contributed by atoms with Gasteiger partial charge >= 0.3 is 0 Å². The van der Waals surface area contributed by atoms with Gasteiger partial charge in [-0.05, 0) is 36.6 Å². The first-order valence-electron chi connectivity index (χ1n) is 10.9. The van der Waals surface area contributed by atoms with E-state index in [1.54, 1.807) is 17.0 Å². The highest BCUT2D eigenvalue weighted by molar-refractivity contribution is 5.92. The van der Waals surface area contributed by atoms with Gasteiger partial charge < -0.3 is 9.80 Å². The van der Waals surface area contributed by atoms with E-state index in [-0.39, 0.29) is 23.1 Å². The summed E-state index contributed by atoms with van der Waals surface area (Å²) >= 11 is 0. The Morgan fingerprint density at radius 1 is 0.781 bits per heavy atom. The van der Waals surface area contributed by atoms with Crippen molar-refractivity contribution >= 4 is 11.8 Å². The van der Waals surface area contributed by atoms with Gasteiger partial charge in [-0.3, -0.25) is 14.4 Å². The van der Waals surface area contributed by atoms with Crippen LogP contribution < -0.4 is 5.56 Å². The number of hydrogen-bond donors (Lipinski definition) is 0. The first-order chi connectivity index (χ1) is 15.6. The van der Waals surface area contributed by atoms with E-state index in [0.717, 1.165) is 12.8 Å². The highest BCUT2D eigenvalue weighted by Gasteiger charge is 2.25. The molecule has 1 aliphatic rings. The fraction of sp³-hybridized carbons (Fsp3) is 0.280. The fourth-order valence-electron chi connectivity index (χ4n) is 3.85. The molecular weight excluding hydrogens is 404 g/mol. The summed E-state index contributed by atoms with van der Waals surface area (Å²) in [6.07, 6.45) is 2.20. The summed E-state index contributed by atoms with van der Waals surface area (Å²) in [7, 11) is 0. The van der Waals surface area contributed by atoms with Crippen LogP contribution in [0.5, 0.6) is 0 Å². The molecule has 0 spiro atoms. The van der Waals surface area contributed by atoms with E-state index < -0.39 is 0 Å². The molecule has 2 aromatic carbocycles. The van der Waals surface area contributed by atoms with Gasteiger partial charge in [0.15, 0.2) is 0 Å². The molecule has 0 N–H and O–H groups in total. The molecule has 1 aliphatic heterocycles. The summed E-state index contributed by atoms with van der Waals surface area (Å²) in [5.41, 5.74) is 1.77. The maximum atomic E-state index is 12.9. The highest BCUT2D eigenvalue weighted by Crippen LogP contribution is 2.11. The smallest absolute Gasteiger partial charge is 0.274 e. The molecule has 1 fully saturated rings. The van der Waals surface area contributed by atoms with Crippen LogP contribution >= 0.6 is 0 Å². The van der Waals surface area contributed by atoms with E-state index in [0.29, 0.717) is 38.3 Å². The average Bonchev–Trinajstić information content (AvgIpc) is 2.85. The Morgan fingerprint density at radius 3 is 2.09 bits per heavy atom. The summed E-state index contributed by atoms with van der Waals surface area (Å²) in [5.74, 6) is -0.102. The third-order valence-corrected chi connectivity index (χ3v) is 5.64. The molecule has 164 valence electrons. The van der Waals surface area contributed by atoms with Gasteiger partial charge in [0.25, 0.3) is 11.5 Å². The summed E-state index contributed by atoms with van der Waals surface area (Å²) in [6, 6.07) is 22.0. The minimum Gasteiger partial charge on any atom is -0.339 e. The molecular formula is C25H26N4O3. The predicted molar refractivity (Wildman–Crippen MR) is 122 cm³/mol. The van der Waals surface area contributed by atoms with Gasteiger partial charge in [-0.15, -0.1) is 0 Å². The second kappa shape index (κ2) is 10.0. The quantitative estimate of drug-likeness (QED) is 0.602. The maximum Gasteiger partial charge on any atom is 0.274 e. The summed E-state index contributed by atoms with van der Waals surface area (Å²) < 4.78 is 1.24. The summed E-state index contributed by atoms with van der Waals surface area (Å²) in [5, 5.41) is 4.27. The van der Waals surface area contributed by atoms with Gasteiger partial charge in [0.2, 0.25) is 5.91 Å². The van der Waals surface area contributed by atoms with E-state index >= 15 is 0 Å². The van der Waals surface area contributed by atoms with Crippen molar-refractivity contribution in [2.75, 3.05) is 26.2 Å². The number of amides is 2. The van der Waals surface area contributed by atoms with Crippen LogP contribution in [0.3, 0.4) is 0 Å². The number of para-hydroxylation sites is 1.